The van der Waals surface area contributed by atoms with E-state index in [2.05, 4.69) is 46.9 Å². The fraction of sp³-hybridized carbons (Fsp3) is 0.407. The van der Waals surface area contributed by atoms with E-state index in [9.17, 15) is 4.79 Å². The molecule has 0 atom stereocenters. The van der Waals surface area contributed by atoms with E-state index in [0.29, 0.717) is 6.54 Å². The molecule has 0 radical (unpaired) electrons. The summed E-state index contributed by atoms with van der Waals surface area (Å²) in [5.41, 5.74) is 4.02. The largest absolute Gasteiger partial charge is 0.356 e. The topological polar surface area (TPSA) is 55.1 Å². The maximum Gasteiger partial charge on any atom is 0.226 e. The number of nitrogens with one attached hydrogen (secondary N) is 1. The molecule has 1 heterocycles. The first kappa shape index (κ1) is 18.9. The lowest BCUT2D eigenvalue weighted by molar-refractivity contribution is -0.146. The average Bonchev–Trinajstić information content (AvgIpc) is 3.26. The zero-order chi connectivity index (χ0) is 20.8. The number of amides is 1. The zero-order valence-corrected chi connectivity index (χ0v) is 17.7. The lowest BCUT2D eigenvalue weighted by Crippen LogP contribution is -2.53. The third-order valence-corrected chi connectivity index (χ3v) is 7.79. The summed E-state index contributed by atoms with van der Waals surface area (Å²) in [5, 5.41) is 7.39. The highest BCUT2D eigenvalue weighted by Gasteiger charge is 2.54. The van der Waals surface area contributed by atoms with Gasteiger partial charge in [-0.1, -0.05) is 59.8 Å². The molecule has 1 amide bonds. The average molecular weight is 413 g/mol. The molecule has 0 unspecified atom stereocenters. The van der Waals surface area contributed by atoms with Crippen molar-refractivity contribution in [3.05, 3.63) is 66.4 Å². The van der Waals surface area contributed by atoms with E-state index in [0.717, 1.165) is 54.0 Å². The van der Waals surface area contributed by atoms with Gasteiger partial charge in [-0.2, -0.15) is 0 Å². The summed E-state index contributed by atoms with van der Waals surface area (Å²) in [6.45, 7) is 0.437. The van der Waals surface area contributed by atoms with Crippen molar-refractivity contribution >= 4 is 5.91 Å². The quantitative estimate of drug-likeness (QED) is 0.573. The monoisotopic (exact) mass is 412 g/mol. The molecule has 3 aromatic rings. The van der Waals surface area contributed by atoms with E-state index >= 15 is 0 Å². The van der Waals surface area contributed by atoms with Crippen molar-refractivity contribution in [3.8, 4) is 22.5 Å². The molecule has 31 heavy (non-hydrogen) atoms. The van der Waals surface area contributed by atoms with Crippen molar-refractivity contribution in [2.75, 3.05) is 0 Å². The van der Waals surface area contributed by atoms with Gasteiger partial charge >= 0.3 is 0 Å². The molecule has 0 aliphatic heterocycles. The molecule has 0 spiro atoms. The number of carbonyl (C=O) groups is 1. The highest BCUT2D eigenvalue weighted by molar-refractivity contribution is 5.83. The van der Waals surface area contributed by atoms with Crippen molar-refractivity contribution in [1.82, 2.24) is 10.5 Å². The van der Waals surface area contributed by atoms with Crippen LogP contribution < -0.4 is 5.32 Å². The number of benzene rings is 2. The van der Waals surface area contributed by atoms with Crippen molar-refractivity contribution in [1.29, 1.82) is 0 Å². The van der Waals surface area contributed by atoms with Crippen LogP contribution >= 0.6 is 0 Å². The van der Waals surface area contributed by atoms with Gasteiger partial charge in [-0.15, -0.1) is 0 Å². The Balaban J connectivity index is 1.12. The predicted octanol–water partition coefficient (Wildman–Crippen LogP) is 5.84. The van der Waals surface area contributed by atoms with Gasteiger partial charge in [-0.3, -0.25) is 4.79 Å². The van der Waals surface area contributed by atoms with Crippen LogP contribution in [0.1, 0.15) is 44.2 Å². The number of rotatable bonds is 5. The summed E-state index contributed by atoms with van der Waals surface area (Å²) >= 11 is 0. The molecule has 4 heteroatoms. The fourth-order valence-electron chi connectivity index (χ4n) is 6.74. The summed E-state index contributed by atoms with van der Waals surface area (Å²) < 4.78 is 5.58. The van der Waals surface area contributed by atoms with E-state index in [1.165, 1.54) is 30.4 Å². The van der Waals surface area contributed by atoms with Crippen LogP contribution in [0.4, 0.5) is 0 Å². The lowest BCUT2D eigenvalue weighted by atomic mass is 9.49. The minimum absolute atomic E-state index is 0.116. The first-order valence-electron chi connectivity index (χ1n) is 11.6. The Morgan fingerprint density at radius 1 is 0.871 bits per heavy atom. The minimum atomic E-state index is -0.116. The SMILES string of the molecule is O=C(NCc1cc(-c2ccc(-c3ccccc3)cc2)on1)C12CC3CC(CC(C3)C1)C2. The highest BCUT2D eigenvalue weighted by atomic mass is 16.5. The van der Waals surface area contributed by atoms with Crippen LogP contribution in [0, 0.1) is 23.2 Å². The van der Waals surface area contributed by atoms with Crippen molar-refractivity contribution in [2.45, 2.75) is 45.1 Å². The molecule has 4 fully saturated rings. The molecule has 4 nitrogen and oxygen atoms in total. The predicted molar refractivity (Wildman–Crippen MR) is 120 cm³/mol. The molecule has 4 aliphatic carbocycles. The molecule has 0 saturated heterocycles. The van der Waals surface area contributed by atoms with Gasteiger partial charge < -0.3 is 9.84 Å². The molecule has 158 valence electrons. The lowest BCUT2D eigenvalue weighted by Gasteiger charge is -2.55. The second-order valence-electron chi connectivity index (χ2n) is 10.0. The number of hydrogen-bond donors (Lipinski definition) is 1. The maximum absolute atomic E-state index is 13.1. The number of hydrogen-bond acceptors (Lipinski definition) is 3. The Morgan fingerprint density at radius 2 is 1.45 bits per heavy atom. The van der Waals surface area contributed by atoms with Crippen molar-refractivity contribution in [2.24, 2.45) is 23.2 Å². The van der Waals surface area contributed by atoms with Gasteiger partial charge in [0.25, 0.3) is 0 Å². The number of aromatic nitrogens is 1. The van der Waals surface area contributed by atoms with E-state index in [-0.39, 0.29) is 11.3 Å². The Morgan fingerprint density at radius 3 is 2.10 bits per heavy atom. The van der Waals surface area contributed by atoms with Gasteiger partial charge in [0, 0.05) is 17.0 Å². The Bertz CT molecular complexity index is 1050. The van der Waals surface area contributed by atoms with Crippen molar-refractivity contribution in [3.63, 3.8) is 0 Å². The van der Waals surface area contributed by atoms with E-state index in [1.807, 2.05) is 24.3 Å². The molecular formula is C27H28N2O2. The van der Waals surface area contributed by atoms with E-state index in [4.69, 9.17) is 4.52 Å². The van der Waals surface area contributed by atoms with Crippen LogP contribution in [-0.4, -0.2) is 11.1 Å². The fourth-order valence-corrected chi connectivity index (χ4v) is 6.74. The van der Waals surface area contributed by atoms with Crippen LogP contribution in [0.3, 0.4) is 0 Å². The van der Waals surface area contributed by atoms with Crippen LogP contribution in [0.15, 0.2) is 65.2 Å². The van der Waals surface area contributed by atoms with Crippen LogP contribution in [0.5, 0.6) is 0 Å². The Hall–Kier alpha value is -2.88. The second kappa shape index (κ2) is 7.37. The van der Waals surface area contributed by atoms with Gasteiger partial charge in [-0.05, 0) is 67.4 Å². The Labute approximate surface area is 183 Å². The van der Waals surface area contributed by atoms with Crippen LogP contribution in [0.2, 0.25) is 0 Å². The molecule has 4 aliphatic rings. The molecule has 1 aromatic heterocycles. The summed E-state index contributed by atoms with van der Waals surface area (Å²) in [4.78, 5) is 13.1. The standard InChI is InChI=1S/C27H28N2O2/c30-26(27-14-18-10-19(15-27)12-20(11-18)16-27)28-17-24-13-25(31-29-24)23-8-6-22(7-9-23)21-4-2-1-3-5-21/h1-9,13,18-20H,10-12,14-17H2,(H,28,30). The van der Waals surface area contributed by atoms with Gasteiger partial charge in [0.1, 0.15) is 5.69 Å². The van der Waals surface area contributed by atoms with Gasteiger partial charge in [-0.25, -0.2) is 0 Å². The van der Waals surface area contributed by atoms with Gasteiger partial charge in [0.05, 0.1) is 6.54 Å². The third kappa shape index (κ3) is 3.48. The van der Waals surface area contributed by atoms with E-state index in [1.54, 1.807) is 0 Å². The minimum Gasteiger partial charge on any atom is -0.356 e. The molecule has 7 rings (SSSR count). The molecule has 4 bridgehead atoms. The molecule has 1 N–H and O–H groups in total. The molecule has 2 aromatic carbocycles. The van der Waals surface area contributed by atoms with Crippen molar-refractivity contribution < 1.29 is 9.32 Å². The van der Waals surface area contributed by atoms with Crippen LogP contribution in [0.25, 0.3) is 22.5 Å². The smallest absolute Gasteiger partial charge is 0.226 e. The first-order chi connectivity index (χ1) is 15.2. The number of nitrogens with zero attached hydrogens (tertiary/aromatic N) is 1. The summed E-state index contributed by atoms with van der Waals surface area (Å²) in [5.74, 6) is 3.29. The summed E-state index contributed by atoms with van der Waals surface area (Å²) in [7, 11) is 0. The molecule has 4 saturated carbocycles. The Kier molecular flexibility index (Phi) is 4.48. The zero-order valence-electron chi connectivity index (χ0n) is 17.7. The van der Waals surface area contributed by atoms with E-state index < -0.39 is 0 Å². The van der Waals surface area contributed by atoms with Gasteiger partial charge in [0.15, 0.2) is 5.76 Å². The maximum atomic E-state index is 13.1. The van der Waals surface area contributed by atoms with Crippen LogP contribution in [-0.2, 0) is 11.3 Å². The first-order valence-corrected chi connectivity index (χ1v) is 11.6. The highest BCUT2D eigenvalue weighted by Crippen LogP contribution is 2.60. The molecular weight excluding hydrogens is 384 g/mol. The van der Waals surface area contributed by atoms with Gasteiger partial charge in [0.2, 0.25) is 5.91 Å². The second-order valence-corrected chi connectivity index (χ2v) is 10.0. The normalized spacial score (nSPS) is 28.6. The number of carbonyl (C=O) groups excluding carboxylic acids is 1. The summed E-state index contributed by atoms with van der Waals surface area (Å²) in [6, 6.07) is 20.6. The third-order valence-electron chi connectivity index (χ3n) is 7.79. The summed E-state index contributed by atoms with van der Waals surface area (Å²) in [6.07, 6.45) is 7.31.